The molecule has 0 saturated heterocycles. The first-order valence-electron chi connectivity index (χ1n) is 5.70. The average Bonchev–Trinajstić information content (AvgIpc) is 2.58. The van der Waals surface area contributed by atoms with E-state index in [1.165, 1.54) is 5.69 Å². The SMILES string of the molecule is CCCC(Cc1cc(C)nn1CC)NN. The highest BCUT2D eigenvalue weighted by Gasteiger charge is 2.10. The van der Waals surface area contributed by atoms with Crippen molar-refractivity contribution in [2.45, 2.75) is 52.6 Å². The average molecular weight is 210 g/mol. The highest BCUT2D eigenvalue weighted by Crippen LogP contribution is 2.09. The number of rotatable bonds is 6. The van der Waals surface area contributed by atoms with Gasteiger partial charge in [0.25, 0.3) is 0 Å². The Morgan fingerprint density at radius 2 is 2.27 bits per heavy atom. The molecule has 1 unspecified atom stereocenters. The second kappa shape index (κ2) is 5.88. The van der Waals surface area contributed by atoms with Gasteiger partial charge in [0.1, 0.15) is 0 Å². The molecule has 1 heterocycles. The highest BCUT2D eigenvalue weighted by atomic mass is 15.3. The molecule has 0 amide bonds. The molecule has 0 spiro atoms. The molecule has 4 heteroatoms. The standard InChI is InChI=1S/C11H22N4/c1-4-6-10(13-12)8-11-7-9(3)14-15(11)5-2/h7,10,13H,4-6,8,12H2,1-3H3. The van der Waals surface area contributed by atoms with Crippen molar-refractivity contribution < 1.29 is 0 Å². The van der Waals surface area contributed by atoms with E-state index in [0.717, 1.165) is 31.5 Å². The summed E-state index contributed by atoms with van der Waals surface area (Å²) in [7, 11) is 0. The van der Waals surface area contributed by atoms with Crippen molar-refractivity contribution in [3.8, 4) is 0 Å². The van der Waals surface area contributed by atoms with Crippen LogP contribution in [0, 0.1) is 6.92 Å². The molecule has 15 heavy (non-hydrogen) atoms. The number of nitrogens with one attached hydrogen (secondary N) is 1. The van der Waals surface area contributed by atoms with E-state index in [4.69, 9.17) is 5.84 Å². The maximum absolute atomic E-state index is 5.53. The number of aryl methyl sites for hydroxylation is 2. The van der Waals surface area contributed by atoms with E-state index < -0.39 is 0 Å². The van der Waals surface area contributed by atoms with E-state index in [-0.39, 0.29) is 0 Å². The van der Waals surface area contributed by atoms with Gasteiger partial charge in [0.2, 0.25) is 0 Å². The van der Waals surface area contributed by atoms with Crippen LogP contribution in [0.2, 0.25) is 0 Å². The minimum atomic E-state index is 0.358. The largest absolute Gasteiger partial charge is 0.271 e. The Kier molecular flexibility index (Phi) is 4.78. The molecule has 0 aliphatic rings. The fraction of sp³-hybridized carbons (Fsp3) is 0.727. The van der Waals surface area contributed by atoms with Gasteiger partial charge in [-0.25, -0.2) is 0 Å². The van der Waals surface area contributed by atoms with Gasteiger partial charge in [-0.15, -0.1) is 0 Å². The molecular weight excluding hydrogens is 188 g/mol. The van der Waals surface area contributed by atoms with E-state index in [0.29, 0.717) is 6.04 Å². The lowest BCUT2D eigenvalue weighted by atomic mass is 10.1. The van der Waals surface area contributed by atoms with Gasteiger partial charge < -0.3 is 0 Å². The molecular formula is C11H22N4. The Labute approximate surface area is 91.8 Å². The van der Waals surface area contributed by atoms with Gasteiger partial charge >= 0.3 is 0 Å². The minimum absolute atomic E-state index is 0.358. The summed E-state index contributed by atoms with van der Waals surface area (Å²) < 4.78 is 2.05. The lowest BCUT2D eigenvalue weighted by Gasteiger charge is -2.15. The zero-order valence-electron chi connectivity index (χ0n) is 9.95. The Bertz CT molecular complexity index is 293. The molecule has 1 atom stereocenters. The summed E-state index contributed by atoms with van der Waals surface area (Å²) in [5, 5.41) is 4.42. The predicted molar refractivity (Wildman–Crippen MR) is 62.4 cm³/mol. The van der Waals surface area contributed by atoms with Crippen LogP contribution in [0.5, 0.6) is 0 Å². The fourth-order valence-corrected chi connectivity index (χ4v) is 1.88. The molecule has 86 valence electrons. The Hall–Kier alpha value is -0.870. The molecule has 0 aliphatic carbocycles. The normalized spacial score (nSPS) is 13.1. The fourth-order valence-electron chi connectivity index (χ4n) is 1.88. The van der Waals surface area contributed by atoms with Crippen molar-refractivity contribution in [1.82, 2.24) is 15.2 Å². The van der Waals surface area contributed by atoms with Crippen LogP contribution in [0.15, 0.2) is 6.07 Å². The van der Waals surface area contributed by atoms with Gasteiger partial charge in [-0.2, -0.15) is 5.10 Å². The van der Waals surface area contributed by atoms with E-state index in [2.05, 4.69) is 35.1 Å². The van der Waals surface area contributed by atoms with Crippen LogP contribution in [-0.4, -0.2) is 15.8 Å². The highest BCUT2D eigenvalue weighted by molar-refractivity contribution is 5.10. The smallest absolute Gasteiger partial charge is 0.0596 e. The summed E-state index contributed by atoms with van der Waals surface area (Å²) in [5.74, 6) is 5.53. The second-order valence-electron chi connectivity index (χ2n) is 3.95. The summed E-state index contributed by atoms with van der Waals surface area (Å²) in [6.45, 7) is 7.24. The van der Waals surface area contributed by atoms with Crippen LogP contribution in [0.1, 0.15) is 38.1 Å². The van der Waals surface area contributed by atoms with Gasteiger partial charge in [0.15, 0.2) is 0 Å². The van der Waals surface area contributed by atoms with Crippen LogP contribution in [0.3, 0.4) is 0 Å². The first kappa shape index (κ1) is 12.2. The van der Waals surface area contributed by atoms with Crippen LogP contribution < -0.4 is 11.3 Å². The molecule has 1 aromatic heterocycles. The third kappa shape index (κ3) is 3.32. The topological polar surface area (TPSA) is 55.9 Å². The molecule has 0 aromatic carbocycles. The first-order chi connectivity index (χ1) is 7.21. The molecule has 0 saturated carbocycles. The predicted octanol–water partition coefficient (Wildman–Crippen LogP) is 1.39. The molecule has 0 aliphatic heterocycles. The van der Waals surface area contributed by atoms with Gasteiger partial charge in [0, 0.05) is 24.7 Å². The molecule has 4 nitrogen and oxygen atoms in total. The van der Waals surface area contributed by atoms with Crippen molar-refractivity contribution in [2.75, 3.05) is 0 Å². The molecule has 1 aromatic rings. The summed E-state index contributed by atoms with van der Waals surface area (Å²) in [4.78, 5) is 0. The Morgan fingerprint density at radius 3 is 2.80 bits per heavy atom. The van der Waals surface area contributed by atoms with Crippen LogP contribution in [-0.2, 0) is 13.0 Å². The van der Waals surface area contributed by atoms with E-state index in [1.807, 2.05) is 6.92 Å². The van der Waals surface area contributed by atoms with Gasteiger partial charge in [-0.3, -0.25) is 16.0 Å². The molecule has 3 N–H and O–H groups in total. The van der Waals surface area contributed by atoms with Crippen LogP contribution >= 0.6 is 0 Å². The maximum Gasteiger partial charge on any atom is 0.0596 e. The lowest BCUT2D eigenvalue weighted by molar-refractivity contribution is 0.467. The van der Waals surface area contributed by atoms with E-state index in [1.54, 1.807) is 0 Å². The third-order valence-electron chi connectivity index (χ3n) is 2.61. The molecule has 1 rings (SSSR count). The number of nitrogens with two attached hydrogens (primary N) is 1. The first-order valence-corrected chi connectivity index (χ1v) is 5.70. The Balaban J connectivity index is 2.68. The zero-order valence-corrected chi connectivity index (χ0v) is 9.95. The monoisotopic (exact) mass is 210 g/mol. The minimum Gasteiger partial charge on any atom is -0.271 e. The quantitative estimate of drug-likeness (QED) is 0.551. The Morgan fingerprint density at radius 1 is 1.53 bits per heavy atom. The number of hydrogen-bond acceptors (Lipinski definition) is 3. The maximum atomic E-state index is 5.53. The summed E-state index contributed by atoms with van der Waals surface area (Å²) in [5.41, 5.74) is 5.22. The number of hydrazine groups is 1. The molecule has 0 radical (unpaired) electrons. The van der Waals surface area contributed by atoms with Crippen molar-refractivity contribution in [2.24, 2.45) is 5.84 Å². The molecule has 0 fully saturated rings. The summed E-state index contributed by atoms with van der Waals surface area (Å²) in [6.07, 6.45) is 3.21. The summed E-state index contributed by atoms with van der Waals surface area (Å²) in [6, 6.07) is 2.50. The van der Waals surface area contributed by atoms with Crippen LogP contribution in [0.25, 0.3) is 0 Å². The van der Waals surface area contributed by atoms with Gasteiger partial charge in [-0.1, -0.05) is 13.3 Å². The van der Waals surface area contributed by atoms with Crippen molar-refractivity contribution >= 4 is 0 Å². The number of aromatic nitrogens is 2. The molecule has 0 bridgehead atoms. The van der Waals surface area contributed by atoms with E-state index >= 15 is 0 Å². The van der Waals surface area contributed by atoms with Crippen LogP contribution in [0.4, 0.5) is 0 Å². The van der Waals surface area contributed by atoms with Gasteiger partial charge in [-0.05, 0) is 26.3 Å². The van der Waals surface area contributed by atoms with Crippen molar-refractivity contribution in [3.05, 3.63) is 17.5 Å². The van der Waals surface area contributed by atoms with Crippen molar-refractivity contribution in [1.29, 1.82) is 0 Å². The van der Waals surface area contributed by atoms with Gasteiger partial charge in [0.05, 0.1) is 5.69 Å². The number of hydrogen-bond donors (Lipinski definition) is 2. The van der Waals surface area contributed by atoms with E-state index in [9.17, 15) is 0 Å². The van der Waals surface area contributed by atoms with Crippen molar-refractivity contribution in [3.63, 3.8) is 0 Å². The second-order valence-corrected chi connectivity index (χ2v) is 3.95. The number of nitrogens with zero attached hydrogens (tertiary/aromatic N) is 2. The summed E-state index contributed by atoms with van der Waals surface area (Å²) >= 11 is 0. The zero-order chi connectivity index (χ0) is 11.3. The lowest BCUT2D eigenvalue weighted by Crippen LogP contribution is -2.37. The third-order valence-corrected chi connectivity index (χ3v) is 2.61.